The third-order valence-electron chi connectivity index (χ3n) is 4.10. The molecule has 0 spiro atoms. The van der Waals surface area contributed by atoms with E-state index < -0.39 is 0 Å². The number of carbonyl (C=O) groups is 2. The molecule has 0 heterocycles. The summed E-state index contributed by atoms with van der Waals surface area (Å²) in [4.78, 5) is 23.8. The van der Waals surface area contributed by atoms with Gasteiger partial charge in [0.1, 0.15) is 11.6 Å². The fourth-order valence-corrected chi connectivity index (χ4v) is 2.68. The van der Waals surface area contributed by atoms with E-state index in [4.69, 9.17) is 0 Å². The van der Waals surface area contributed by atoms with E-state index >= 15 is 0 Å². The Morgan fingerprint density at radius 2 is 1.43 bits per heavy atom. The number of unbranched alkanes of at least 4 members (excludes halogenated alkanes) is 4. The Morgan fingerprint density at radius 1 is 0.810 bits per heavy atom. The summed E-state index contributed by atoms with van der Waals surface area (Å²) in [6, 6.07) is 0. The van der Waals surface area contributed by atoms with Crippen LogP contribution >= 0.6 is 0 Å². The molecule has 0 bridgehead atoms. The molecule has 123 valence electrons. The third kappa shape index (κ3) is 11.7. The summed E-state index contributed by atoms with van der Waals surface area (Å²) in [5.41, 5.74) is 0. The van der Waals surface area contributed by atoms with Gasteiger partial charge in [0.15, 0.2) is 0 Å². The lowest BCUT2D eigenvalue weighted by Crippen LogP contribution is -2.14. The zero-order valence-corrected chi connectivity index (χ0v) is 14.3. The van der Waals surface area contributed by atoms with Crippen LogP contribution in [0.3, 0.4) is 0 Å². The van der Waals surface area contributed by atoms with Crippen LogP contribution in [-0.2, 0) is 9.59 Å². The van der Waals surface area contributed by atoms with Gasteiger partial charge in [-0.3, -0.25) is 9.59 Å². The molecule has 0 aliphatic heterocycles. The van der Waals surface area contributed by atoms with E-state index in [1.807, 2.05) is 0 Å². The van der Waals surface area contributed by atoms with Crippen LogP contribution < -0.4 is 0 Å². The second-order valence-electron chi connectivity index (χ2n) is 6.15. The highest BCUT2D eigenvalue weighted by Gasteiger charge is 2.16. The fourth-order valence-electron chi connectivity index (χ4n) is 2.68. The van der Waals surface area contributed by atoms with Gasteiger partial charge < -0.3 is 0 Å². The summed E-state index contributed by atoms with van der Waals surface area (Å²) >= 11 is 0. The van der Waals surface area contributed by atoms with Crippen LogP contribution in [0.1, 0.15) is 97.3 Å². The van der Waals surface area contributed by atoms with Crippen LogP contribution in [0.25, 0.3) is 0 Å². The maximum atomic E-state index is 12.2. The van der Waals surface area contributed by atoms with Gasteiger partial charge in [-0.2, -0.15) is 0 Å². The smallest absolute Gasteiger partial charge is 0.135 e. The summed E-state index contributed by atoms with van der Waals surface area (Å²) < 4.78 is 0. The van der Waals surface area contributed by atoms with Gasteiger partial charge in [0.05, 0.1) is 0 Å². The molecule has 0 aliphatic rings. The van der Waals surface area contributed by atoms with E-state index in [1.54, 1.807) is 0 Å². The Bertz CT molecular complexity index is 271. The first-order valence-electron chi connectivity index (χ1n) is 8.99. The Hall–Kier alpha value is -0.660. The summed E-state index contributed by atoms with van der Waals surface area (Å²) in [7, 11) is 0. The van der Waals surface area contributed by atoms with E-state index in [1.165, 1.54) is 0 Å². The Morgan fingerprint density at radius 3 is 2.05 bits per heavy atom. The normalized spacial score (nSPS) is 12.3. The van der Waals surface area contributed by atoms with E-state index in [9.17, 15) is 9.59 Å². The molecule has 0 aromatic rings. The van der Waals surface area contributed by atoms with Gasteiger partial charge >= 0.3 is 0 Å². The maximum Gasteiger partial charge on any atom is 0.135 e. The summed E-state index contributed by atoms with van der Waals surface area (Å²) in [5, 5.41) is 0. The van der Waals surface area contributed by atoms with Crippen molar-refractivity contribution in [2.75, 3.05) is 0 Å². The van der Waals surface area contributed by atoms with Gasteiger partial charge in [-0.15, -0.1) is 0 Å². The Kier molecular flexibility index (Phi) is 13.8. The van der Waals surface area contributed by atoms with Crippen molar-refractivity contribution in [3.63, 3.8) is 0 Å². The number of hydrogen-bond acceptors (Lipinski definition) is 2. The molecule has 0 aromatic carbocycles. The molecule has 1 radical (unpaired) electrons. The third-order valence-corrected chi connectivity index (χ3v) is 4.10. The number of rotatable bonds is 15. The molecule has 0 saturated carbocycles. The van der Waals surface area contributed by atoms with Crippen molar-refractivity contribution in [3.8, 4) is 0 Å². The SMILES string of the molecule is [CH2]CCC(CCCCC(=O)CCCC)C(=O)CCCCC. The summed E-state index contributed by atoms with van der Waals surface area (Å²) in [5.74, 6) is 0.995. The number of Topliss-reactive ketones (excluding diaryl/α,β-unsaturated/α-hetero) is 2. The van der Waals surface area contributed by atoms with Gasteiger partial charge in [0.2, 0.25) is 0 Å². The van der Waals surface area contributed by atoms with Crippen LogP contribution in [0.5, 0.6) is 0 Å². The quantitative estimate of drug-likeness (QED) is 0.364. The fraction of sp³-hybridized carbons (Fsp3) is 0.842. The second-order valence-corrected chi connectivity index (χ2v) is 6.15. The highest BCUT2D eigenvalue weighted by atomic mass is 16.1. The van der Waals surface area contributed by atoms with Crippen molar-refractivity contribution in [1.29, 1.82) is 0 Å². The number of carbonyl (C=O) groups excluding carboxylic acids is 2. The Balaban J connectivity index is 3.87. The minimum Gasteiger partial charge on any atom is -0.300 e. The van der Waals surface area contributed by atoms with Crippen LogP contribution in [0.4, 0.5) is 0 Å². The molecular weight excluding hydrogens is 260 g/mol. The van der Waals surface area contributed by atoms with Crippen molar-refractivity contribution in [2.24, 2.45) is 5.92 Å². The van der Waals surface area contributed by atoms with E-state index in [0.29, 0.717) is 18.0 Å². The molecule has 21 heavy (non-hydrogen) atoms. The average Bonchev–Trinajstić information content (AvgIpc) is 2.48. The van der Waals surface area contributed by atoms with Crippen LogP contribution in [0.15, 0.2) is 0 Å². The zero-order chi connectivity index (χ0) is 15.9. The molecule has 1 unspecified atom stereocenters. The standard InChI is InChI=1S/C19H35O2/c1-4-7-9-16-19(21)17(12-6-3)13-10-11-15-18(20)14-8-5-2/h17H,3-16H2,1-2H3. The lowest BCUT2D eigenvalue weighted by atomic mass is 9.89. The molecule has 0 fully saturated rings. The van der Waals surface area contributed by atoms with Gasteiger partial charge in [-0.1, -0.05) is 52.9 Å². The van der Waals surface area contributed by atoms with Gasteiger partial charge in [-0.25, -0.2) is 0 Å². The van der Waals surface area contributed by atoms with Crippen LogP contribution in [0.2, 0.25) is 0 Å². The van der Waals surface area contributed by atoms with Crippen LogP contribution in [0, 0.1) is 12.8 Å². The van der Waals surface area contributed by atoms with Gasteiger partial charge in [-0.05, 0) is 32.1 Å². The highest BCUT2D eigenvalue weighted by molar-refractivity contribution is 5.81. The molecular formula is C19H35O2. The number of ketones is 2. The molecule has 0 rings (SSSR count). The largest absolute Gasteiger partial charge is 0.300 e. The van der Waals surface area contributed by atoms with E-state index in [-0.39, 0.29) is 5.92 Å². The minimum absolute atomic E-state index is 0.185. The van der Waals surface area contributed by atoms with Crippen molar-refractivity contribution < 1.29 is 9.59 Å². The van der Waals surface area contributed by atoms with E-state index in [2.05, 4.69) is 20.8 Å². The first kappa shape index (κ1) is 20.3. The topological polar surface area (TPSA) is 34.1 Å². The molecule has 0 N–H and O–H groups in total. The van der Waals surface area contributed by atoms with Gasteiger partial charge in [0.25, 0.3) is 0 Å². The first-order chi connectivity index (χ1) is 10.2. The van der Waals surface area contributed by atoms with Crippen molar-refractivity contribution >= 4 is 11.6 Å². The van der Waals surface area contributed by atoms with Crippen molar-refractivity contribution in [3.05, 3.63) is 6.92 Å². The monoisotopic (exact) mass is 295 g/mol. The average molecular weight is 295 g/mol. The summed E-state index contributed by atoms with van der Waals surface area (Å²) in [6.45, 7) is 8.16. The molecule has 0 aromatic heterocycles. The molecule has 0 saturated heterocycles. The van der Waals surface area contributed by atoms with Crippen molar-refractivity contribution in [1.82, 2.24) is 0 Å². The zero-order valence-electron chi connectivity index (χ0n) is 14.3. The summed E-state index contributed by atoms with van der Waals surface area (Å²) in [6.07, 6.45) is 12.2. The van der Waals surface area contributed by atoms with E-state index in [0.717, 1.165) is 77.0 Å². The Labute approximate surface area is 132 Å². The maximum absolute atomic E-state index is 12.2. The molecule has 2 nitrogen and oxygen atoms in total. The molecule has 2 heteroatoms. The lowest BCUT2D eigenvalue weighted by Gasteiger charge is -2.14. The first-order valence-corrected chi connectivity index (χ1v) is 8.99. The highest BCUT2D eigenvalue weighted by Crippen LogP contribution is 2.20. The van der Waals surface area contributed by atoms with Crippen molar-refractivity contribution in [2.45, 2.75) is 97.3 Å². The molecule has 0 aliphatic carbocycles. The number of hydrogen-bond donors (Lipinski definition) is 0. The predicted molar refractivity (Wildman–Crippen MR) is 90.2 cm³/mol. The lowest BCUT2D eigenvalue weighted by molar-refractivity contribution is -0.123. The minimum atomic E-state index is 0.185. The predicted octanol–water partition coefficient (Wildman–Crippen LogP) is 5.69. The van der Waals surface area contributed by atoms with Gasteiger partial charge in [0, 0.05) is 25.2 Å². The second kappa shape index (κ2) is 14.3. The molecule has 0 amide bonds. The van der Waals surface area contributed by atoms with Crippen LogP contribution in [-0.4, -0.2) is 11.6 Å². The molecule has 1 atom stereocenters.